The van der Waals surface area contributed by atoms with Crippen molar-refractivity contribution in [2.24, 2.45) is 0 Å². The third-order valence-electron chi connectivity index (χ3n) is 3.74. The molecule has 0 spiro atoms. The maximum absolute atomic E-state index is 5.87. The van der Waals surface area contributed by atoms with Crippen LogP contribution in [0.5, 0.6) is 0 Å². The molecule has 0 aromatic heterocycles. The third-order valence-corrected chi connectivity index (χ3v) is 3.74. The van der Waals surface area contributed by atoms with Gasteiger partial charge in [-0.15, -0.1) is 0 Å². The highest BCUT2D eigenvalue weighted by atomic mass is 15.3. The Bertz CT molecular complexity index is 389. The van der Waals surface area contributed by atoms with Crippen LogP contribution in [0.4, 0.5) is 11.4 Å². The minimum absolute atomic E-state index is 0.576. The number of aryl methyl sites for hydroxylation is 1. The molecule has 0 bridgehead atoms. The highest BCUT2D eigenvalue weighted by Crippen LogP contribution is 2.24. The summed E-state index contributed by atoms with van der Waals surface area (Å²) in [4.78, 5) is 4.99. The Morgan fingerprint density at radius 2 is 2.12 bits per heavy atom. The number of nitrogen functional groups attached to an aromatic ring is 1. The minimum atomic E-state index is 0.576. The third kappa shape index (κ3) is 2.55. The van der Waals surface area contributed by atoms with Gasteiger partial charge in [0.1, 0.15) is 0 Å². The van der Waals surface area contributed by atoms with E-state index in [1.807, 2.05) is 6.07 Å². The van der Waals surface area contributed by atoms with Crippen LogP contribution in [0.1, 0.15) is 19.4 Å². The fourth-order valence-corrected chi connectivity index (χ4v) is 2.54. The second-order valence-corrected chi connectivity index (χ2v) is 4.98. The van der Waals surface area contributed by atoms with E-state index in [9.17, 15) is 0 Å². The molecule has 3 nitrogen and oxygen atoms in total. The van der Waals surface area contributed by atoms with E-state index in [0.29, 0.717) is 6.04 Å². The van der Waals surface area contributed by atoms with Crippen LogP contribution in [0.25, 0.3) is 0 Å². The van der Waals surface area contributed by atoms with Gasteiger partial charge in [-0.2, -0.15) is 0 Å². The van der Waals surface area contributed by atoms with Gasteiger partial charge in [-0.25, -0.2) is 0 Å². The molecule has 94 valence electrons. The van der Waals surface area contributed by atoms with Gasteiger partial charge in [0, 0.05) is 37.1 Å². The van der Waals surface area contributed by atoms with E-state index < -0.39 is 0 Å². The van der Waals surface area contributed by atoms with Crippen molar-refractivity contribution in [3.05, 3.63) is 23.8 Å². The van der Waals surface area contributed by atoms with Crippen molar-refractivity contribution in [1.82, 2.24) is 4.90 Å². The predicted octanol–water partition coefficient (Wildman–Crippen LogP) is 2.11. The standard InChI is InChI=1S/C14H23N3/c1-4-16-7-8-17(12(3)10-16)13-5-6-14(15)11(2)9-13/h5-6,9,12H,4,7-8,10,15H2,1-3H3. The zero-order chi connectivity index (χ0) is 12.4. The van der Waals surface area contributed by atoms with E-state index in [2.05, 4.69) is 42.7 Å². The topological polar surface area (TPSA) is 32.5 Å². The molecular weight excluding hydrogens is 210 g/mol. The van der Waals surface area contributed by atoms with E-state index in [4.69, 9.17) is 5.73 Å². The molecule has 1 saturated heterocycles. The number of nitrogens with zero attached hydrogens (tertiary/aromatic N) is 2. The van der Waals surface area contributed by atoms with Gasteiger partial charge in [0.05, 0.1) is 0 Å². The summed E-state index contributed by atoms with van der Waals surface area (Å²) in [6.45, 7) is 11.2. The summed E-state index contributed by atoms with van der Waals surface area (Å²) in [6.07, 6.45) is 0. The molecule has 1 aliphatic heterocycles. The monoisotopic (exact) mass is 233 g/mol. The van der Waals surface area contributed by atoms with Crippen molar-refractivity contribution in [2.75, 3.05) is 36.8 Å². The molecule has 0 aliphatic carbocycles. The number of anilines is 2. The van der Waals surface area contributed by atoms with Crippen molar-refractivity contribution >= 4 is 11.4 Å². The number of nitrogens with two attached hydrogens (primary N) is 1. The summed E-state index contributed by atoms with van der Waals surface area (Å²) in [7, 11) is 0. The largest absolute Gasteiger partial charge is 0.399 e. The van der Waals surface area contributed by atoms with Gasteiger partial charge < -0.3 is 10.6 Å². The molecule has 2 rings (SSSR count). The van der Waals surface area contributed by atoms with E-state index in [-0.39, 0.29) is 0 Å². The van der Waals surface area contributed by atoms with Gasteiger partial charge in [-0.05, 0) is 44.2 Å². The van der Waals surface area contributed by atoms with Crippen LogP contribution in [0, 0.1) is 6.92 Å². The van der Waals surface area contributed by atoms with Gasteiger partial charge in [-0.1, -0.05) is 6.92 Å². The van der Waals surface area contributed by atoms with Crippen molar-refractivity contribution in [3.8, 4) is 0 Å². The number of likely N-dealkylation sites (N-methyl/N-ethyl adjacent to an activating group) is 1. The normalized spacial score (nSPS) is 21.8. The molecule has 2 N–H and O–H groups in total. The lowest BCUT2D eigenvalue weighted by atomic mass is 10.1. The van der Waals surface area contributed by atoms with Gasteiger partial charge >= 0.3 is 0 Å². The molecule has 1 fully saturated rings. The summed E-state index contributed by atoms with van der Waals surface area (Å²) >= 11 is 0. The maximum atomic E-state index is 5.87. The highest BCUT2D eigenvalue weighted by Gasteiger charge is 2.22. The summed E-state index contributed by atoms with van der Waals surface area (Å²) in [5, 5.41) is 0. The fourth-order valence-electron chi connectivity index (χ4n) is 2.54. The van der Waals surface area contributed by atoms with Crippen molar-refractivity contribution < 1.29 is 0 Å². The Labute approximate surface area is 104 Å². The molecule has 1 aromatic rings. The average molecular weight is 233 g/mol. The lowest BCUT2D eigenvalue weighted by molar-refractivity contribution is 0.240. The molecule has 0 radical (unpaired) electrons. The zero-order valence-electron chi connectivity index (χ0n) is 11.1. The van der Waals surface area contributed by atoms with Gasteiger partial charge in [0.25, 0.3) is 0 Å². The molecule has 0 amide bonds. The van der Waals surface area contributed by atoms with Crippen LogP contribution >= 0.6 is 0 Å². The number of hydrogen-bond acceptors (Lipinski definition) is 3. The molecule has 3 heteroatoms. The second-order valence-electron chi connectivity index (χ2n) is 4.98. The summed E-state index contributed by atoms with van der Waals surface area (Å²) in [6, 6.07) is 6.93. The zero-order valence-corrected chi connectivity index (χ0v) is 11.1. The Kier molecular flexibility index (Phi) is 3.57. The first-order valence-electron chi connectivity index (χ1n) is 6.47. The molecule has 1 heterocycles. The van der Waals surface area contributed by atoms with Crippen LogP contribution in [0.2, 0.25) is 0 Å². The van der Waals surface area contributed by atoms with E-state index in [1.165, 1.54) is 11.3 Å². The molecular formula is C14H23N3. The first kappa shape index (κ1) is 12.2. The van der Waals surface area contributed by atoms with Crippen LogP contribution in [0.15, 0.2) is 18.2 Å². The fraction of sp³-hybridized carbons (Fsp3) is 0.571. The van der Waals surface area contributed by atoms with Crippen LogP contribution in [0.3, 0.4) is 0 Å². The Hall–Kier alpha value is -1.22. The van der Waals surface area contributed by atoms with Crippen LogP contribution < -0.4 is 10.6 Å². The van der Waals surface area contributed by atoms with Gasteiger partial charge in [0.2, 0.25) is 0 Å². The first-order valence-corrected chi connectivity index (χ1v) is 6.47. The van der Waals surface area contributed by atoms with Gasteiger partial charge in [-0.3, -0.25) is 4.90 Å². The van der Waals surface area contributed by atoms with Crippen LogP contribution in [-0.4, -0.2) is 37.1 Å². The number of piperazine rings is 1. The number of hydrogen-bond donors (Lipinski definition) is 1. The lowest BCUT2D eigenvalue weighted by Crippen LogP contribution is -2.51. The molecule has 0 saturated carbocycles. The van der Waals surface area contributed by atoms with E-state index >= 15 is 0 Å². The second kappa shape index (κ2) is 4.96. The molecule has 1 unspecified atom stereocenters. The summed E-state index contributed by atoms with van der Waals surface area (Å²) < 4.78 is 0. The van der Waals surface area contributed by atoms with Crippen molar-refractivity contribution in [3.63, 3.8) is 0 Å². The van der Waals surface area contributed by atoms with Gasteiger partial charge in [0.15, 0.2) is 0 Å². The van der Waals surface area contributed by atoms with Crippen molar-refractivity contribution in [1.29, 1.82) is 0 Å². The van der Waals surface area contributed by atoms with E-state index in [1.54, 1.807) is 0 Å². The molecule has 1 aromatic carbocycles. The Morgan fingerprint density at radius 1 is 1.35 bits per heavy atom. The van der Waals surface area contributed by atoms with E-state index in [0.717, 1.165) is 31.9 Å². The highest BCUT2D eigenvalue weighted by molar-refractivity contribution is 5.58. The Balaban J connectivity index is 2.14. The SMILES string of the molecule is CCN1CCN(c2ccc(N)c(C)c2)C(C)C1. The predicted molar refractivity (Wildman–Crippen MR) is 74.5 cm³/mol. The van der Waals surface area contributed by atoms with Crippen molar-refractivity contribution in [2.45, 2.75) is 26.8 Å². The average Bonchev–Trinajstić information content (AvgIpc) is 2.32. The summed E-state index contributed by atoms with van der Waals surface area (Å²) in [5.74, 6) is 0. The summed E-state index contributed by atoms with van der Waals surface area (Å²) in [5.41, 5.74) is 9.23. The lowest BCUT2D eigenvalue weighted by Gasteiger charge is -2.41. The smallest absolute Gasteiger partial charge is 0.0389 e. The number of benzene rings is 1. The first-order chi connectivity index (χ1) is 8.11. The maximum Gasteiger partial charge on any atom is 0.0389 e. The van der Waals surface area contributed by atoms with Crippen LogP contribution in [-0.2, 0) is 0 Å². The quantitative estimate of drug-likeness (QED) is 0.794. The molecule has 17 heavy (non-hydrogen) atoms. The Morgan fingerprint density at radius 3 is 2.71 bits per heavy atom. The number of rotatable bonds is 2. The molecule has 1 atom stereocenters. The molecule has 1 aliphatic rings. The minimum Gasteiger partial charge on any atom is -0.399 e.